The quantitative estimate of drug-likeness (QED) is 0.329. The van der Waals surface area contributed by atoms with Crippen LogP contribution in [-0.4, -0.2) is 49.5 Å². The van der Waals surface area contributed by atoms with Gasteiger partial charge < -0.3 is 0 Å². The Morgan fingerprint density at radius 3 is 2.54 bits per heavy atom. The van der Waals surface area contributed by atoms with Crippen LogP contribution in [0.2, 0.25) is 0 Å². The summed E-state index contributed by atoms with van der Waals surface area (Å²) in [5.41, 5.74) is 1.71. The van der Waals surface area contributed by atoms with E-state index in [1.165, 1.54) is 32.0 Å². The molecule has 0 amide bonds. The summed E-state index contributed by atoms with van der Waals surface area (Å²) in [5, 5.41) is 22.9. The second-order valence-electron chi connectivity index (χ2n) is 7.75. The van der Waals surface area contributed by atoms with Crippen molar-refractivity contribution in [1.29, 1.82) is 5.26 Å². The van der Waals surface area contributed by atoms with Gasteiger partial charge in [-0.15, -0.1) is 0 Å². The molecular weight excluding hydrogens is 535 g/mol. The number of hydrogen-bond acceptors (Lipinski definition) is 7. The topological polar surface area (TPSA) is 155 Å². The Bertz CT molecular complexity index is 1640. The van der Waals surface area contributed by atoms with Gasteiger partial charge in [0.1, 0.15) is 0 Å². The molecule has 178 valence electrons. The normalized spacial score (nSPS) is 11.7. The standard InChI is InChI=1S/C23H19AsN4O6S/c1-12-21(13(2)34-26-12)35(32,33)27-16-6-5-15-9-20(28(3)19(15)10-16)22(29)24-18-7-4-14(11-25)8-17(18)23(30)31/h4-10,24,27H,1-3H3,(H,30,31). The average Bonchev–Trinajstić information content (AvgIpc) is 3.32. The van der Waals surface area contributed by atoms with Crippen LogP contribution in [-0.2, 0) is 17.1 Å². The third kappa shape index (κ3) is 4.58. The molecule has 1 unspecified atom stereocenters. The van der Waals surface area contributed by atoms with E-state index in [-0.39, 0.29) is 32.0 Å². The van der Waals surface area contributed by atoms with Crippen LogP contribution in [0, 0.1) is 25.2 Å². The minimum atomic E-state index is -3.94. The van der Waals surface area contributed by atoms with Gasteiger partial charge in [0.2, 0.25) is 0 Å². The zero-order valence-corrected chi connectivity index (χ0v) is 21.7. The summed E-state index contributed by atoms with van der Waals surface area (Å²) < 4.78 is 35.0. The first kappa shape index (κ1) is 24.3. The molecule has 2 heterocycles. The van der Waals surface area contributed by atoms with Crippen LogP contribution in [0.4, 0.5) is 5.69 Å². The van der Waals surface area contributed by atoms with Crippen molar-refractivity contribution in [2.24, 2.45) is 7.05 Å². The number of sulfonamides is 1. The first-order valence-electron chi connectivity index (χ1n) is 10.2. The maximum atomic E-state index is 13.1. The second-order valence-corrected chi connectivity index (χ2v) is 12.0. The molecule has 2 aromatic heterocycles. The van der Waals surface area contributed by atoms with E-state index in [0.29, 0.717) is 21.2 Å². The van der Waals surface area contributed by atoms with E-state index in [9.17, 15) is 23.1 Å². The van der Waals surface area contributed by atoms with Crippen molar-refractivity contribution >= 4 is 57.3 Å². The fraction of sp³-hybridized carbons (Fsp3) is 0.130. The summed E-state index contributed by atoms with van der Waals surface area (Å²) in [5.74, 6) is -1.02. The fourth-order valence-corrected chi connectivity index (χ4v) is 7.44. The van der Waals surface area contributed by atoms with Gasteiger partial charge >= 0.3 is 207 Å². The molecule has 0 aliphatic rings. The molecular formula is C23H19AsN4O6S. The fourth-order valence-electron chi connectivity index (χ4n) is 3.76. The number of nitrogens with one attached hydrogen (secondary N) is 1. The predicted molar refractivity (Wildman–Crippen MR) is 129 cm³/mol. The molecule has 10 nitrogen and oxygen atoms in total. The van der Waals surface area contributed by atoms with Crippen LogP contribution in [0.15, 0.2) is 51.9 Å². The molecule has 2 N–H and O–H groups in total. The number of aromatic nitrogens is 2. The van der Waals surface area contributed by atoms with E-state index >= 15 is 0 Å². The first-order chi connectivity index (χ1) is 16.5. The maximum absolute atomic E-state index is 13.1. The summed E-state index contributed by atoms with van der Waals surface area (Å²) in [4.78, 5) is 24.7. The zero-order valence-electron chi connectivity index (χ0n) is 18.8. The van der Waals surface area contributed by atoms with Crippen molar-refractivity contribution in [2.75, 3.05) is 4.72 Å². The van der Waals surface area contributed by atoms with Crippen LogP contribution >= 0.6 is 0 Å². The number of carboxylic acid groups (broad SMARTS) is 1. The second kappa shape index (κ2) is 9.06. The van der Waals surface area contributed by atoms with E-state index in [1.54, 1.807) is 35.9 Å². The van der Waals surface area contributed by atoms with Crippen LogP contribution in [0.3, 0.4) is 0 Å². The molecule has 0 fully saturated rings. The Balaban J connectivity index is 1.65. The number of hydrogen-bond donors (Lipinski definition) is 2. The third-order valence-electron chi connectivity index (χ3n) is 5.39. The minimum absolute atomic E-state index is 0.0256. The molecule has 35 heavy (non-hydrogen) atoms. The summed E-state index contributed by atoms with van der Waals surface area (Å²) >= 11 is -1.55. The van der Waals surface area contributed by atoms with Gasteiger partial charge in [0, 0.05) is 0 Å². The van der Waals surface area contributed by atoms with Gasteiger partial charge in [-0.25, -0.2) is 0 Å². The SMILES string of the molecule is Cc1noc(C)c1S(=O)(=O)Nc1ccc2cc(C(=O)[AsH]c3ccc(C#N)cc3C(=O)O)n(C)c2c1. The molecule has 0 radical (unpaired) electrons. The van der Waals surface area contributed by atoms with Gasteiger partial charge in [0.05, 0.1) is 0 Å². The number of nitrogens with zero attached hydrogens (tertiary/aromatic N) is 3. The van der Waals surface area contributed by atoms with E-state index in [0.717, 1.165) is 5.39 Å². The summed E-state index contributed by atoms with van der Waals surface area (Å²) in [6.45, 7) is 3.05. The van der Waals surface area contributed by atoms with Gasteiger partial charge in [0.25, 0.3) is 0 Å². The number of rotatable bonds is 7. The Labute approximate surface area is 206 Å². The molecule has 0 spiro atoms. The van der Waals surface area contributed by atoms with E-state index in [2.05, 4.69) is 9.88 Å². The monoisotopic (exact) mass is 554 g/mol. The molecule has 0 aliphatic heterocycles. The van der Waals surface area contributed by atoms with Crippen LogP contribution in [0.25, 0.3) is 10.9 Å². The van der Waals surface area contributed by atoms with Gasteiger partial charge in [-0.1, -0.05) is 0 Å². The van der Waals surface area contributed by atoms with Crippen molar-refractivity contribution in [3.05, 3.63) is 70.7 Å². The Morgan fingerprint density at radius 2 is 1.91 bits per heavy atom. The van der Waals surface area contributed by atoms with Crippen molar-refractivity contribution in [2.45, 2.75) is 18.7 Å². The molecule has 0 aliphatic carbocycles. The molecule has 0 bridgehead atoms. The Kier molecular flexibility index (Phi) is 6.28. The molecule has 4 rings (SSSR count). The first-order valence-corrected chi connectivity index (χ1v) is 13.7. The number of carbonyl (C=O) groups is 2. The van der Waals surface area contributed by atoms with Crippen molar-refractivity contribution < 1.29 is 27.6 Å². The predicted octanol–water partition coefficient (Wildman–Crippen LogP) is 2.06. The van der Waals surface area contributed by atoms with E-state index in [1.807, 2.05) is 6.07 Å². The van der Waals surface area contributed by atoms with Gasteiger partial charge in [-0.05, 0) is 0 Å². The van der Waals surface area contributed by atoms with Gasteiger partial charge in [-0.3, -0.25) is 0 Å². The number of fused-ring (bicyclic) bond motifs is 1. The Hall–Kier alpha value is -3.87. The van der Waals surface area contributed by atoms with Crippen LogP contribution in [0.1, 0.15) is 37.9 Å². The number of aryl methyl sites for hydroxylation is 3. The summed E-state index contributed by atoms with van der Waals surface area (Å²) in [6, 6.07) is 12.8. The number of nitriles is 1. The molecule has 1 atom stereocenters. The number of carbonyl (C=O) groups excluding carboxylic acids is 1. The molecule has 4 aromatic rings. The van der Waals surface area contributed by atoms with Gasteiger partial charge in [-0.2, -0.15) is 0 Å². The molecule has 12 heteroatoms. The van der Waals surface area contributed by atoms with E-state index < -0.39 is 31.7 Å². The van der Waals surface area contributed by atoms with E-state index in [4.69, 9.17) is 9.78 Å². The number of anilines is 1. The molecule has 0 saturated heterocycles. The number of carboxylic acids is 1. The van der Waals surface area contributed by atoms with Crippen molar-refractivity contribution in [1.82, 2.24) is 9.72 Å². The third-order valence-corrected chi connectivity index (χ3v) is 9.51. The number of benzene rings is 2. The molecule has 0 saturated carbocycles. The van der Waals surface area contributed by atoms with Crippen molar-refractivity contribution in [3.63, 3.8) is 0 Å². The Morgan fingerprint density at radius 1 is 1.17 bits per heavy atom. The van der Waals surface area contributed by atoms with Crippen LogP contribution < -0.4 is 9.07 Å². The zero-order chi connectivity index (χ0) is 25.5. The number of aromatic carboxylic acids is 1. The van der Waals surface area contributed by atoms with Crippen LogP contribution in [0.5, 0.6) is 0 Å². The molecule has 2 aromatic carbocycles. The summed E-state index contributed by atoms with van der Waals surface area (Å²) in [6.07, 6.45) is 0. The average molecular weight is 554 g/mol. The van der Waals surface area contributed by atoms with Gasteiger partial charge in [0.15, 0.2) is 0 Å². The summed E-state index contributed by atoms with van der Waals surface area (Å²) in [7, 11) is -2.25. The van der Waals surface area contributed by atoms with Crippen molar-refractivity contribution in [3.8, 4) is 6.07 Å².